The van der Waals surface area contributed by atoms with Gasteiger partial charge in [0.15, 0.2) is 0 Å². The highest BCUT2D eigenvalue weighted by atomic mass is 32.3. The molecule has 0 aromatic rings. The first-order valence-electron chi connectivity index (χ1n) is 2.91. The molecule has 10 heavy (non-hydrogen) atoms. The van der Waals surface area contributed by atoms with Crippen molar-refractivity contribution in [3.63, 3.8) is 0 Å². The summed E-state index contributed by atoms with van der Waals surface area (Å²) in [5.41, 5.74) is 0. The van der Waals surface area contributed by atoms with Crippen LogP contribution in [-0.2, 0) is 4.79 Å². The van der Waals surface area contributed by atoms with E-state index in [0.29, 0.717) is 0 Å². The SMILES string of the molecule is CC(=O)NS(O)(O)C(C)C. The molecule has 62 valence electrons. The van der Waals surface area contributed by atoms with Crippen molar-refractivity contribution in [2.45, 2.75) is 26.0 Å². The van der Waals surface area contributed by atoms with Crippen molar-refractivity contribution in [3.05, 3.63) is 0 Å². The van der Waals surface area contributed by atoms with Gasteiger partial charge in [0.25, 0.3) is 0 Å². The summed E-state index contributed by atoms with van der Waals surface area (Å²) >= 11 is 0. The Bertz CT molecular complexity index is 135. The summed E-state index contributed by atoms with van der Waals surface area (Å²) in [6.07, 6.45) is 0. The average Bonchev–Trinajstić information content (AvgIpc) is 1.60. The Hall–Kier alpha value is -0.260. The fourth-order valence-electron chi connectivity index (χ4n) is 0.329. The Kier molecular flexibility index (Phi) is 3.14. The van der Waals surface area contributed by atoms with Crippen LogP contribution in [0.5, 0.6) is 0 Å². The minimum absolute atomic E-state index is 0.337. The normalized spacial score (nSPS) is 13.4. The minimum atomic E-state index is -2.90. The Morgan fingerprint density at radius 2 is 1.90 bits per heavy atom. The van der Waals surface area contributed by atoms with Crippen molar-refractivity contribution in [1.29, 1.82) is 0 Å². The molecule has 0 fully saturated rings. The number of nitrogens with one attached hydrogen (secondary N) is 1. The number of hydrogen-bond donors (Lipinski definition) is 3. The summed E-state index contributed by atoms with van der Waals surface area (Å²) < 4.78 is 20.2. The van der Waals surface area contributed by atoms with Crippen LogP contribution in [-0.4, -0.2) is 20.3 Å². The van der Waals surface area contributed by atoms with Gasteiger partial charge in [0.2, 0.25) is 5.91 Å². The second-order valence-electron chi connectivity index (χ2n) is 2.30. The molecule has 0 rings (SSSR count). The number of rotatable bonds is 2. The van der Waals surface area contributed by atoms with Gasteiger partial charge in [0.05, 0.1) is 5.25 Å². The maximum absolute atomic E-state index is 10.4. The summed E-state index contributed by atoms with van der Waals surface area (Å²) in [6.45, 7) is 4.51. The molecule has 0 aliphatic rings. The van der Waals surface area contributed by atoms with Gasteiger partial charge >= 0.3 is 0 Å². The fraction of sp³-hybridized carbons (Fsp3) is 0.800. The zero-order valence-corrected chi connectivity index (χ0v) is 7.10. The number of hydrogen-bond acceptors (Lipinski definition) is 3. The summed E-state index contributed by atoms with van der Waals surface area (Å²) in [4.78, 5) is 10.4. The number of carbonyl (C=O) groups excluding carboxylic acids is 1. The molecule has 0 spiro atoms. The lowest BCUT2D eigenvalue weighted by molar-refractivity contribution is -0.117. The second kappa shape index (κ2) is 3.23. The van der Waals surface area contributed by atoms with E-state index in [1.54, 1.807) is 13.8 Å². The quantitative estimate of drug-likeness (QED) is 0.578. The Morgan fingerprint density at radius 3 is 2.00 bits per heavy atom. The molecule has 0 heterocycles. The Balaban J connectivity index is 3.99. The molecule has 3 N–H and O–H groups in total. The monoisotopic (exact) mass is 167 g/mol. The summed E-state index contributed by atoms with van der Waals surface area (Å²) in [5, 5.41) is -0.337. The molecule has 0 atom stereocenters. The van der Waals surface area contributed by atoms with Crippen LogP contribution in [0.2, 0.25) is 0 Å². The Labute approximate surface area is 62.1 Å². The van der Waals surface area contributed by atoms with E-state index in [1.165, 1.54) is 6.92 Å². The lowest BCUT2D eigenvalue weighted by Gasteiger charge is -2.35. The summed E-state index contributed by atoms with van der Waals surface area (Å²) in [7, 11) is -2.90. The third-order valence-electron chi connectivity index (χ3n) is 0.951. The van der Waals surface area contributed by atoms with Gasteiger partial charge in [0.1, 0.15) is 0 Å². The van der Waals surface area contributed by atoms with E-state index in [9.17, 15) is 4.79 Å². The maximum Gasteiger partial charge on any atom is 0.234 e. The maximum atomic E-state index is 10.4. The summed E-state index contributed by atoms with van der Waals surface area (Å²) in [6, 6.07) is 0. The van der Waals surface area contributed by atoms with Gasteiger partial charge in [-0.25, -0.2) is 0 Å². The van der Waals surface area contributed by atoms with Crippen LogP contribution in [0.4, 0.5) is 0 Å². The first kappa shape index (κ1) is 9.74. The highest BCUT2D eigenvalue weighted by Crippen LogP contribution is 2.38. The first-order valence-corrected chi connectivity index (χ1v) is 4.52. The van der Waals surface area contributed by atoms with Crippen LogP contribution in [0.15, 0.2) is 0 Å². The molecule has 0 bridgehead atoms. The zero-order valence-electron chi connectivity index (χ0n) is 6.29. The molecule has 0 aromatic carbocycles. The molecular weight excluding hydrogens is 154 g/mol. The van der Waals surface area contributed by atoms with Gasteiger partial charge in [-0.1, -0.05) is 0 Å². The van der Waals surface area contributed by atoms with Crippen LogP contribution in [0.25, 0.3) is 0 Å². The molecule has 0 aliphatic carbocycles. The smallest absolute Gasteiger partial charge is 0.234 e. The van der Waals surface area contributed by atoms with Gasteiger partial charge in [-0.05, 0) is 13.8 Å². The standard InChI is InChI=1S/C5H13NO3S/c1-4(2)10(8,9)6-5(3)7/h4,8-9H,1-3H3,(H,6,7). The van der Waals surface area contributed by atoms with Crippen molar-refractivity contribution in [2.24, 2.45) is 0 Å². The molecule has 0 aromatic heterocycles. The van der Waals surface area contributed by atoms with Crippen molar-refractivity contribution in [1.82, 2.24) is 4.72 Å². The Morgan fingerprint density at radius 1 is 1.50 bits per heavy atom. The molecule has 0 aliphatic heterocycles. The molecule has 0 saturated heterocycles. The van der Waals surface area contributed by atoms with E-state index in [0.717, 1.165) is 0 Å². The van der Waals surface area contributed by atoms with Crippen molar-refractivity contribution in [2.75, 3.05) is 0 Å². The largest absolute Gasteiger partial charge is 0.282 e. The van der Waals surface area contributed by atoms with E-state index >= 15 is 0 Å². The van der Waals surface area contributed by atoms with Crippen LogP contribution in [0.3, 0.4) is 0 Å². The van der Waals surface area contributed by atoms with Crippen LogP contribution >= 0.6 is 10.8 Å². The molecule has 0 radical (unpaired) electrons. The molecule has 0 unspecified atom stereocenters. The molecular formula is C5H13NO3S. The molecule has 4 nitrogen and oxygen atoms in total. The van der Waals surface area contributed by atoms with Gasteiger partial charge in [-0.15, -0.1) is 10.8 Å². The lowest BCUT2D eigenvalue weighted by Crippen LogP contribution is -2.30. The highest BCUT2D eigenvalue weighted by Gasteiger charge is 2.17. The van der Waals surface area contributed by atoms with Crippen molar-refractivity contribution in [3.8, 4) is 0 Å². The van der Waals surface area contributed by atoms with Crippen molar-refractivity contribution < 1.29 is 13.9 Å². The van der Waals surface area contributed by atoms with E-state index in [2.05, 4.69) is 4.72 Å². The number of carbonyl (C=O) groups is 1. The van der Waals surface area contributed by atoms with Crippen LogP contribution in [0.1, 0.15) is 20.8 Å². The van der Waals surface area contributed by atoms with E-state index in [-0.39, 0.29) is 5.25 Å². The predicted octanol–water partition coefficient (Wildman–Crippen LogP) is 1.20. The van der Waals surface area contributed by atoms with Gasteiger partial charge in [0, 0.05) is 6.92 Å². The van der Waals surface area contributed by atoms with Crippen LogP contribution in [0, 0.1) is 0 Å². The lowest BCUT2D eigenvalue weighted by atomic mass is 10.6. The van der Waals surface area contributed by atoms with Gasteiger partial charge < -0.3 is 0 Å². The van der Waals surface area contributed by atoms with E-state index in [1.807, 2.05) is 0 Å². The second-order valence-corrected chi connectivity index (χ2v) is 4.63. The van der Waals surface area contributed by atoms with Gasteiger partial charge in [-0.3, -0.25) is 18.6 Å². The third kappa shape index (κ3) is 3.05. The predicted molar refractivity (Wildman–Crippen MR) is 41.8 cm³/mol. The van der Waals surface area contributed by atoms with Crippen LogP contribution < -0.4 is 4.72 Å². The average molecular weight is 167 g/mol. The zero-order chi connectivity index (χ0) is 8.36. The first-order chi connectivity index (χ1) is 4.36. The number of amides is 1. The third-order valence-corrected chi connectivity index (χ3v) is 2.85. The van der Waals surface area contributed by atoms with E-state index in [4.69, 9.17) is 9.11 Å². The minimum Gasteiger partial charge on any atom is -0.282 e. The van der Waals surface area contributed by atoms with Crippen molar-refractivity contribution >= 4 is 16.7 Å². The molecule has 5 heteroatoms. The van der Waals surface area contributed by atoms with Gasteiger partial charge in [-0.2, -0.15) is 0 Å². The highest BCUT2D eigenvalue weighted by molar-refractivity contribution is 8.23. The summed E-state index contributed by atoms with van der Waals surface area (Å²) in [5.74, 6) is -0.422. The topological polar surface area (TPSA) is 69.6 Å². The molecule has 0 saturated carbocycles. The fourth-order valence-corrected chi connectivity index (χ4v) is 0.988. The molecule has 1 amide bonds. The van der Waals surface area contributed by atoms with E-state index < -0.39 is 16.7 Å².